The summed E-state index contributed by atoms with van der Waals surface area (Å²) in [5.41, 5.74) is 0. The zero-order valence-corrected chi connectivity index (χ0v) is 7.87. The van der Waals surface area contributed by atoms with Gasteiger partial charge in [-0.3, -0.25) is 5.84 Å². The molecule has 0 spiro atoms. The molecule has 0 aromatic rings. The molecule has 2 saturated heterocycles. The molecule has 2 aliphatic heterocycles. The van der Waals surface area contributed by atoms with Gasteiger partial charge in [-0.05, 0) is 38.8 Å². The Kier molecular flexibility index (Phi) is 2.35. The van der Waals surface area contributed by atoms with Crippen LogP contribution in [-0.4, -0.2) is 42.6 Å². The van der Waals surface area contributed by atoms with Crippen LogP contribution >= 0.6 is 0 Å². The van der Waals surface area contributed by atoms with E-state index in [4.69, 9.17) is 5.84 Å². The maximum absolute atomic E-state index is 5.80. The van der Waals surface area contributed by atoms with Crippen molar-refractivity contribution in [2.24, 2.45) is 11.8 Å². The number of nitrogens with two attached hydrogens (primary N) is 1. The van der Waals surface area contributed by atoms with Gasteiger partial charge in [0.1, 0.15) is 0 Å². The Balaban J connectivity index is 1.99. The first-order valence-electron chi connectivity index (χ1n) is 4.97. The number of hydrogen-bond acceptors (Lipinski definition) is 3. The third kappa shape index (κ3) is 1.49. The lowest BCUT2D eigenvalue weighted by Crippen LogP contribution is -2.54. The molecule has 2 fully saturated rings. The Morgan fingerprint density at radius 3 is 2.92 bits per heavy atom. The number of likely N-dealkylation sites (tertiary alicyclic amines) is 1. The van der Waals surface area contributed by atoms with Crippen LogP contribution < -0.4 is 5.84 Å². The van der Waals surface area contributed by atoms with Gasteiger partial charge in [0.05, 0.1) is 0 Å². The first-order valence-corrected chi connectivity index (χ1v) is 4.97. The van der Waals surface area contributed by atoms with Gasteiger partial charge >= 0.3 is 0 Å². The Bertz CT molecular complexity index is 160. The number of piperidine rings is 2. The van der Waals surface area contributed by atoms with E-state index in [9.17, 15) is 0 Å². The van der Waals surface area contributed by atoms with Crippen molar-refractivity contribution in [3.8, 4) is 0 Å². The van der Waals surface area contributed by atoms with Gasteiger partial charge in [-0.15, -0.1) is 0 Å². The quantitative estimate of drug-likeness (QED) is 0.529. The molecule has 0 bridgehead atoms. The Morgan fingerprint density at radius 2 is 2.08 bits per heavy atom. The summed E-state index contributed by atoms with van der Waals surface area (Å²) in [6.45, 7) is 3.46. The average molecular weight is 169 g/mol. The van der Waals surface area contributed by atoms with Crippen molar-refractivity contribution < 1.29 is 0 Å². The van der Waals surface area contributed by atoms with E-state index in [-0.39, 0.29) is 0 Å². The molecule has 2 N–H and O–H groups in total. The molecule has 0 amide bonds. The monoisotopic (exact) mass is 169 g/mol. The van der Waals surface area contributed by atoms with Crippen LogP contribution in [0.5, 0.6) is 0 Å². The van der Waals surface area contributed by atoms with Crippen LogP contribution in [0.1, 0.15) is 19.3 Å². The fourth-order valence-electron chi connectivity index (χ4n) is 2.68. The van der Waals surface area contributed by atoms with Crippen LogP contribution in [0.4, 0.5) is 0 Å². The predicted octanol–water partition coefficient (Wildman–Crippen LogP) is 0.276. The van der Waals surface area contributed by atoms with Crippen molar-refractivity contribution in [3.05, 3.63) is 0 Å². The second-order valence-corrected chi connectivity index (χ2v) is 4.23. The van der Waals surface area contributed by atoms with Gasteiger partial charge in [0, 0.05) is 19.1 Å². The minimum Gasteiger partial charge on any atom is -0.303 e. The summed E-state index contributed by atoms with van der Waals surface area (Å²) < 4.78 is 0. The predicted molar refractivity (Wildman–Crippen MR) is 49.5 cm³/mol. The van der Waals surface area contributed by atoms with Crippen LogP contribution in [-0.2, 0) is 0 Å². The summed E-state index contributed by atoms with van der Waals surface area (Å²) in [6, 6.07) is 0.818. The van der Waals surface area contributed by atoms with Crippen molar-refractivity contribution in [1.82, 2.24) is 9.91 Å². The van der Waals surface area contributed by atoms with Crippen LogP contribution in [0.2, 0.25) is 0 Å². The van der Waals surface area contributed by atoms with Crippen LogP contribution in [0.25, 0.3) is 0 Å². The van der Waals surface area contributed by atoms with Gasteiger partial charge in [0.15, 0.2) is 0 Å². The number of fused-ring (bicyclic) bond motifs is 1. The van der Waals surface area contributed by atoms with E-state index >= 15 is 0 Å². The third-order valence-corrected chi connectivity index (χ3v) is 3.38. The highest BCUT2D eigenvalue weighted by atomic mass is 15.4. The van der Waals surface area contributed by atoms with E-state index in [2.05, 4.69) is 11.9 Å². The summed E-state index contributed by atoms with van der Waals surface area (Å²) >= 11 is 0. The molecule has 0 aliphatic carbocycles. The fourth-order valence-corrected chi connectivity index (χ4v) is 2.68. The molecule has 2 unspecified atom stereocenters. The lowest BCUT2D eigenvalue weighted by Gasteiger charge is -2.44. The molecule has 2 aliphatic rings. The van der Waals surface area contributed by atoms with E-state index < -0.39 is 0 Å². The summed E-state index contributed by atoms with van der Waals surface area (Å²) in [4.78, 5) is 2.52. The molecule has 0 aromatic carbocycles. The smallest absolute Gasteiger partial charge is 0.0171 e. The van der Waals surface area contributed by atoms with Crippen LogP contribution in [0.15, 0.2) is 0 Å². The lowest BCUT2D eigenvalue weighted by molar-refractivity contribution is 0.0386. The minimum absolute atomic E-state index is 0.818. The largest absolute Gasteiger partial charge is 0.303 e. The van der Waals surface area contributed by atoms with E-state index in [1.165, 1.54) is 25.8 Å². The van der Waals surface area contributed by atoms with Crippen LogP contribution in [0.3, 0.4) is 0 Å². The van der Waals surface area contributed by atoms with Crippen molar-refractivity contribution in [3.63, 3.8) is 0 Å². The highest BCUT2D eigenvalue weighted by Crippen LogP contribution is 2.28. The Hall–Kier alpha value is -0.120. The van der Waals surface area contributed by atoms with Gasteiger partial charge in [-0.2, -0.15) is 0 Å². The maximum atomic E-state index is 5.80. The molecular formula is C9H19N3. The van der Waals surface area contributed by atoms with E-state index in [1.807, 2.05) is 5.01 Å². The van der Waals surface area contributed by atoms with Crippen molar-refractivity contribution in [1.29, 1.82) is 0 Å². The highest BCUT2D eigenvalue weighted by molar-refractivity contribution is 4.87. The zero-order valence-electron chi connectivity index (χ0n) is 7.87. The molecular weight excluding hydrogens is 150 g/mol. The summed E-state index contributed by atoms with van der Waals surface area (Å²) in [6.07, 6.45) is 3.99. The zero-order chi connectivity index (χ0) is 8.55. The standard InChI is InChI=1S/C9H19N3/c1-11-5-2-3-8-7-12(10)6-4-9(8)11/h8-9H,2-7,10H2,1H3. The lowest BCUT2D eigenvalue weighted by atomic mass is 9.85. The molecule has 0 radical (unpaired) electrons. The number of hydrazine groups is 1. The van der Waals surface area contributed by atoms with E-state index in [0.717, 1.165) is 25.0 Å². The Labute approximate surface area is 74.5 Å². The van der Waals surface area contributed by atoms with Gasteiger partial charge in [0.25, 0.3) is 0 Å². The summed E-state index contributed by atoms with van der Waals surface area (Å²) in [5.74, 6) is 6.64. The number of nitrogens with zero attached hydrogens (tertiary/aromatic N) is 2. The normalized spacial score (nSPS) is 39.5. The van der Waals surface area contributed by atoms with Gasteiger partial charge < -0.3 is 4.90 Å². The average Bonchev–Trinajstić information content (AvgIpc) is 2.04. The fraction of sp³-hybridized carbons (Fsp3) is 1.00. The van der Waals surface area contributed by atoms with Gasteiger partial charge in [0.2, 0.25) is 0 Å². The van der Waals surface area contributed by atoms with Gasteiger partial charge in [-0.1, -0.05) is 0 Å². The molecule has 2 atom stereocenters. The van der Waals surface area contributed by atoms with E-state index in [1.54, 1.807) is 0 Å². The Morgan fingerprint density at radius 1 is 1.25 bits per heavy atom. The van der Waals surface area contributed by atoms with Crippen molar-refractivity contribution >= 4 is 0 Å². The molecule has 2 rings (SSSR count). The maximum Gasteiger partial charge on any atom is 0.0171 e. The molecule has 12 heavy (non-hydrogen) atoms. The molecule has 3 heteroatoms. The molecule has 2 heterocycles. The second kappa shape index (κ2) is 3.32. The summed E-state index contributed by atoms with van der Waals surface area (Å²) in [5, 5.41) is 1.99. The highest BCUT2D eigenvalue weighted by Gasteiger charge is 2.32. The van der Waals surface area contributed by atoms with Crippen molar-refractivity contribution in [2.45, 2.75) is 25.3 Å². The topological polar surface area (TPSA) is 32.5 Å². The number of rotatable bonds is 0. The molecule has 70 valence electrons. The van der Waals surface area contributed by atoms with Gasteiger partial charge in [-0.25, -0.2) is 5.01 Å². The second-order valence-electron chi connectivity index (χ2n) is 4.23. The first kappa shape index (κ1) is 8.48. The molecule has 0 aromatic heterocycles. The van der Waals surface area contributed by atoms with Crippen molar-refractivity contribution in [2.75, 3.05) is 26.7 Å². The number of hydrogen-bond donors (Lipinski definition) is 1. The summed E-state index contributed by atoms with van der Waals surface area (Å²) in [7, 11) is 2.25. The van der Waals surface area contributed by atoms with E-state index in [0.29, 0.717) is 0 Å². The first-order chi connectivity index (χ1) is 5.77. The SMILES string of the molecule is CN1CCCC2CN(N)CCC21. The molecule has 0 saturated carbocycles. The minimum atomic E-state index is 0.818. The third-order valence-electron chi connectivity index (χ3n) is 3.38. The van der Waals surface area contributed by atoms with Crippen LogP contribution in [0, 0.1) is 5.92 Å². The molecule has 3 nitrogen and oxygen atoms in total.